The Morgan fingerprint density at radius 2 is 2.27 bits per heavy atom. The molecule has 0 aromatic carbocycles. The van der Waals surface area contributed by atoms with Gasteiger partial charge in [0.2, 0.25) is 0 Å². The van der Waals surface area contributed by atoms with E-state index in [0.29, 0.717) is 31.2 Å². The van der Waals surface area contributed by atoms with Crippen molar-refractivity contribution in [2.45, 2.75) is 52.2 Å². The number of aliphatic hydroxyl groups is 1. The smallest absolute Gasteiger partial charge is 0.0897 e. The molecule has 3 heteroatoms. The monoisotopic (exact) mass is 215 g/mol. The zero-order chi connectivity index (χ0) is 11.3. The number of aliphatic hydroxyl groups excluding tert-OH is 1. The van der Waals surface area contributed by atoms with Gasteiger partial charge in [-0.3, -0.25) is 0 Å². The van der Waals surface area contributed by atoms with E-state index in [2.05, 4.69) is 19.2 Å². The molecule has 0 radical (unpaired) electrons. The van der Waals surface area contributed by atoms with Crippen LogP contribution in [0, 0.1) is 5.41 Å². The van der Waals surface area contributed by atoms with Crippen LogP contribution < -0.4 is 5.32 Å². The van der Waals surface area contributed by atoms with Gasteiger partial charge in [-0.1, -0.05) is 20.3 Å². The topological polar surface area (TPSA) is 41.5 Å². The number of rotatable bonds is 6. The van der Waals surface area contributed by atoms with E-state index in [9.17, 15) is 5.11 Å². The lowest BCUT2D eigenvalue weighted by Crippen LogP contribution is -2.42. The molecule has 0 aliphatic heterocycles. The third-order valence-electron chi connectivity index (χ3n) is 3.37. The number of nitrogens with one attached hydrogen (secondary N) is 1. The van der Waals surface area contributed by atoms with Crippen LogP contribution in [0.1, 0.15) is 40.0 Å². The van der Waals surface area contributed by atoms with E-state index >= 15 is 0 Å². The van der Waals surface area contributed by atoms with Crippen molar-refractivity contribution in [1.29, 1.82) is 0 Å². The summed E-state index contributed by atoms with van der Waals surface area (Å²) in [7, 11) is 0. The first-order valence-corrected chi connectivity index (χ1v) is 6.05. The van der Waals surface area contributed by atoms with Gasteiger partial charge in [0.1, 0.15) is 0 Å². The molecule has 2 atom stereocenters. The fraction of sp³-hybridized carbons (Fsp3) is 1.00. The van der Waals surface area contributed by atoms with Crippen LogP contribution in [0.25, 0.3) is 0 Å². The first-order valence-electron chi connectivity index (χ1n) is 6.05. The second-order valence-corrected chi connectivity index (χ2v) is 5.15. The summed E-state index contributed by atoms with van der Waals surface area (Å²) in [4.78, 5) is 0. The Balaban J connectivity index is 2.19. The summed E-state index contributed by atoms with van der Waals surface area (Å²) in [5.41, 5.74) is 0.380. The Hall–Kier alpha value is -0.120. The number of hydrogen-bond donors (Lipinski definition) is 2. The van der Waals surface area contributed by atoms with Crippen molar-refractivity contribution in [2.75, 3.05) is 19.8 Å². The van der Waals surface area contributed by atoms with Crippen molar-refractivity contribution in [3.05, 3.63) is 0 Å². The molecule has 1 fully saturated rings. The maximum Gasteiger partial charge on any atom is 0.0897 e. The summed E-state index contributed by atoms with van der Waals surface area (Å²) in [6.07, 6.45) is 3.44. The Labute approximate surface area is 93.2 Å². The Bertz CT molecular complexity index is 182. The second-order valence-electron chi connectivity index (χ2n) is 5.15. The molecule has 0 spiro atoms. The second kappa shape index (κ2) is 5.83. The van der Waals surface area contributed by atoms with Crippen LogP contribution >= 0.6 is 0 Å². The minimum atomic E-state index is -0.374. The lowest BCUT2D eigenvalue weighted by molar-refractivity contribution is 0.0394. The van der Waals surface area contributed by atoms with E-state index in [1.54, 1.807) is 0 Å². The Kier molecular flexibility index (Phi) is 5.03. The molecule has 90 valence electrons. The highest BCUT2D eigenvalue weighted by atomic mass is 16.5. The van der Waals surface area contributed by atoms with Gasteiger partial charge in [-0.05, 0) is 25.2 Å². The van der Waals surface area contributed by atoms with Crippen LogP contribution in [0.15, 0.2) is 0 Å². The largest absolute Gasteiger partial charge is 0.389 e. The highest BCUT2D eigenvalue weighted by Crippen LogP contribution is 2.36. The number of ether oxygens (including phenoxy) is 1. The lowest BCUT2D eigenvalue weighted by atomic mass is 9.87. The summed E-state index contributed by atoms with van der Waals surface area (Å²) in [6.45, 7) is 8.30. The molecule has 1 saturated carbocycles. The minimum Gasteiger partial charge on any atom is -0.389 e. The molecule has 1 rings (SSSR count). The molecule has 1 aliphatic carbocycles. The van der Waals surface area contributed by atoms with Crippen LogP contribution in [0.5, 0.6) is 0 Å². The average Bonchev–Trinajstić information content (AvgIpc) is 2.51. The Morgan fingerprint density at radius 3 is 2.80 bits per heavy atom. The zero-order valence-electron chi connectivity index (χ0n) is 10.3. The summed E-state index contributed by atoms with van der Waals surface area (Å²) in [5, 5.41) is 13.1. The molecular formula is C12H25NO2. The molecule has 0 amide bonds. The summed E-state index contributed by atoms with van der Waals surface area (Å²) in [6, 6.07) is 0.550. The molecular weight excluding hydrogens is 190 g/mol. The first-order chi connectivity index (χ1) is 7.06. The molecule has 15 heavy (non-hydrogen) atoms. The highest BCUT2D eigenvalue weighted by molar-refractivity contribution is 4.90. The van der Waals surface area contributed by atoms with Crippen LogP contribution in [-0.2, 0) is 4.74 Å². The Morgan fingerprint density at radius 1 is 1.53 bits per heavy atom. The molecule has 2 N–H and O–H groups in total. The van der Waals surface area contributed by atoms with Gasteiger partial charge in [-0.2, -0.15) is 0 Å². The third-order valence-corrected chi connectivity index (χ3v) is 3.37. The van der Waals surface area contributed by atoms with Crippen molar-refractivity contribution in [2.24, 2.45) is 5.41 Å². The summed E-state index contributed by atoms with van der Waals surface area (Å²) in [5.74, 6) is 0. The van der Waals surface area contributed by atoms with Crippen molar-refractivity contribution >= 4 is 0 Å². The van der Waals surface area contributed by atoms with Crippen molar-refractivity contribution in [1.82, 2.24) is 5.32 Å². The molecule has 0 aromatic heterocycles. The predicted molar refractivity (Wildman–Crippen MR) is 61.9 cm³/mol. The van der Waals surface area contributed by atoms with E-state index in [1.807, 2.05) is 6.92 Å². The fourth-order valence-corrected chi connectivity index (χ4v) is 2.30. The van der Waals surface area contributed by atoms with Crippen LogP contribution in [0.4, 0.5) is 0 Å². The van der Waals surface area contributed by atoms with Gasteiger partial charge in [0.05, 0.1) is 12.7 Å². The van der Waals surface area contributed by atoms with Crippen molar-refractivity contribution < 1.29 is 9.84 Å². The minimum absolute atomic E-state index is 0.374. The zero-order valence-corrected chi connectivity index (χ0v) is 10.3. The molecule has 0 aromatic rings. The van der Waals surface area contributed by atoms with Crippen LogP contribution in [0.3, 0.4) is 0 Å². The first kappa shape index (κ1) is 12.9. The van der Waals surface area contributed by atoms with E-state index in [-0.39, 0.29) is 6.10 Å². The maximum atomic E-state index is 9.62. The van der Waals surface area contributed by atoms with Crippen LogP contribution in [0.2, 0.25) is 0 Å². The van der Waals surface area contributed by atoms with E-state index in [0.717, 1.165) is 0 Å². The molecule has 3 nitrogen and oxygen atoms in total. The highest BCUT2D eigenvalue weighted by Gasteiger charge is 2.34. The van der Waals surface area contributed by atoms with Gasteiger partial charge in [0, 0.05) is 19.2 Å². The predicted octanol–water partition coefficient (Wildman–Crippen LogP) is 1.55. The van der Waals surface area contributed by atoms with E-state index < -0.39 is 0 Å². The number of hydrogen-bond acceptors (Lipinski definition) is 3. The molecule has 0 heterocycles. The lowest BCUT2D eigenvalue weighted by Gasteiger charge is -2.28. The molecule has 0 bridgehead atoms. The molecule has 2 unspecified atom stereocenters. The van der Waals surface area contributed by atoms with Gasteiger partial charge in [-0.15, -0.1) is 0 Å². The van der Waals surface area contributed by atoms with E-state index in [4.69, 9.17) is 4.74 Å². The van der Waals surface area contributed by atoms with Gasteiger partial charge in [-0.25, -0.2) is 0 Å². The maximum absolute atomic E-state index is 9.62. The summed E-state index contributed by atoms with van der Waals surface area (Å²) >= 11 is 0. The van der Waals surface area contributed by atoms with E-state index in [1.165, 1.54) is 19.3 Å². The normalized spacial score (nSPS) is 26.8. The molecule has 0 saturated heterocycles. The van der Waals surface area contributed by atoms with Crippen molar-refractivity contribution in [3.63, 3.8) is 0 Å². The third kappa shape index (κ3) is 4.09. The standard InChI is InChI=1S/C12H25NO2/c1-4-15-9-10(14)8-13-11-6-5-7-12(11,2)3/h10-11,13-14H,4-9H2,1-3H3. The van der Waals surface area contributed by atoms with Gasteiger partial charge < -0.3 is 15.2 Å². The average molecular weight is 215 g/mol. The molecule has 1 aliphatic rings. The van der Waals surface area contributed by atoms with Crippen molar-refractivity contribution in [3.8, 4) is 0 Å². The summed E-state index contributed by atoms with van der Waals surface area (Å²) < 4.78 is 5.17. The van der Waals surface area contributed by atoms with Gasteiger partial charge in [0.25, 0.3) is 0 Å². The SMILES string of the molecule is CCOCC(O)CNC1CCCC1(C)C. The quantitative estimate of drug-likeness (QED) is 0.706. The fourth-order valence-electron chi connectivity index (χ4n) is 2.30. The van der Waals surface area contributed by atoms with Crippen LogP contribution in [-0.4, -0.2) is 37.0 Å². The van der Waals surface area contributed by atoms with Gasteiger partial charge >= 0.3 is 0 Å². The van der Waals surface area contributed by atoms with Gasteiger partial charge in [0.15, 0.2) is 0 Å².